The second kappa shape index (κ2) is 3.26. The lowest BCUT2D eigenvalue weighted by Crippen LogP contribution is -2.06. The van der Waals surface area contributed by atoms with E-state index in [9.17, 15) is 4.79 Å². The van der Waals surface area contributed by atoms with Crippen LogP contribution in [-0.4, -0.2) is 11.1 Å². The maximum atomic E-state index is 10.8. The van der Waals surface area contributed by atoms with E-state index in [4.69, 9.17) is 22.4 Å². The van der Waals surface area contributed by atoms with Crippen molar-refractivity contribution in [2.24, 2.45) is 5.73 Å². The molecule has 4 heteroatoms. The number of fused-ring (bicyclic) bond motifs is 1. The first kappa shape index (κ1) is 9.49. The van der Waals surface area contributed by atoms with Gasteiger partial charge in [0.25, 0.3) is 0 Å². The summed E-state index contributed by atoms with van der Waals surface area (Å²) in [4.78, 5) is 10.8. The lowest BCUT2D eigenvalue weighted by Gasteiger charge is -2.07. The Balaban J connectivity index is 2.58. The van der Waals surface area contributed by atoms with Crippen molar-refractivity contribution in [2.45, 2.75) is 18.9 Å². The minimum Gasteiger partial charge on any atom is -0.478 e. The van der Waals surface area contributed by atoms with Crippen LogP contribution in [0.25, 0.3) is 0 Å². The number of hydrogen-bond donors (Lipinski definition) is 2. The zero-order valence-electron chi connectivity index (χ0n) is 7.46. The van der Waals surface area contributed by atoms with E-state index in [1.807, 2.05) is 0 Å². The Kier molecular flexibility index (Phi) is 2.21. The van der Waals surface area contributed by atoms with Gasteiger partial charge >= 0.3 is 5.97 Å². The Labute approximate surface area is 86.5 Å². The number of aromatic carboxylic acids is 1. The number of hydrogen-bond acceptors (Lipinski definition) is 2. The van der Waals surface area contributed by atoms with E-state index in [1.54, 1.807) is 6.07 Å². The summed E-state index contributed by atoms with van der Waals surface area (Å²) in [6.07, 6.45) is 1.62. The molecule has 0 unspecified atom stereocenters. The molecule has 0 spiro atoms. The fraction of sp³-hybridized carbons (Fsp3) is 0.300. The summed E-state index contributed by atoms with van der Waals surface area (Å²) in [5.74, 6) is -0.988. The first-order valence-electron chi connectivity index (χ1n) is 4.41. The van der Waals surface area contributed by atoms with Gasteiger partial charge in [0.2, 0.25) is 0 Å². The summed E-state index contributed by atoms with van der Waals surface area (Å²) < 4.78 is 0. The highest BCUT2D eigenvalue weighted by Crippen LogP contribution is 2.35. The van der Waals surface area contributed by atoms with Gasteiger partial charge < -0.3 is 10.8 Å². The summed E-state index contributed by atoms with van der Waals surface area (Å²) in [6, 6.07) is 3.29. The maximum Gasteiger partial charge on any atom is 0.337 e. The molecule has 0 saturated heterocycles. The highest BCUT2D eigenvalue weighted by molar-refractivity contribution is 6.34. The van der Waals surface area contributed by atoms with Crippen molar-refractivity contribution in [3.8, 4) is 0 Å². The third-order valence-electron chi connectivity index (χ3n) is 2.61. The number of carboxylic acid groups (broad SMARTS) is 1. The van der Waals surface area contributed by atoms with Crippen molar-refractivity contribution >= 4 is 17.6 Å². The molecule has 1 aromatic rings. The van der Waals surface area contributed by atoms with Gasteiger partial charge in [-0.05, 0) is 30.0 Å². The van der Waals surface area contributed by atoms with Gasteiger partial charge in [-0.2, -0.15) is 0 Å². The normalized spacial score (nSPS) is 19.4. The average Bonchev–Trinajstić information content (AvgIpc) is 2.49. The molecule has 0 bridgehead atoms. The smallest absolute Gasteiger partial charge is 0.337 e. The Morgan fingerprint density at radius 2 is 2.29 bits per heavy atom. The topological polar surface area (TPSA) is 63.3 Å². The number of rotatable bonds is 1. The fourth-order valence-corrected chi connectivity index (χ4v) is 2.21. The van der Waals surface area contributed by atoms with Gasteiger partial charge in [-0.25, -0.2) is 4.79 Å². The molecule has 1 atom stereocenters. The third kappa shape index (κ3) is 1.29. The molecule has 0 aromatic heterocycles. The average molecular weight is 212 g/mol. The van der Waals surface area contributed by atoms with Gasteiger partial charge in [0.15, 0.2) is 0 Å². The molecule has 1 aliphatic carbocycles. The first-order valence-corrected chi connectivity index (χ1v) is 4.79. The minimum atomic E-state index is -0.988. The number of carboxylic acids is 1. The second-order valence-electron chi connectivity index (χ2n) is 3.45. The van der Waals surface area contributed by atoms with Crippen LogP contribution in [0.1, 0.15) is 33.9 Å². The zero-order chi connectivity index (χ0) is 10.3. The standard InChI is InChI=1S/C10H10ClNO2/c11-9-6-3-4-8(12)5(6)1-2-7(9)10(13)14/h1-2,8H,3-4,12H2,(H,13,14)/t8-/m0/s1. The Bertz CT molecular complexity index is 403. The van der Waals surface area contributed by atoms with Crippen LogP contribution < -0.4 is 5.73 Å². The number of nitrogens with two attached hydrogens (primary N) is 1. The highest BCUT2D eigenvalue weighted by Gasteiger charge is 2.24. The predicted octanol–water partition coefficient (Wildman–Crippen LogP) is 1.98. The molecule has 0 heterocycles. The SMILES string of the molecule is N[C@H]1CCc2c1ccc(C(=O)O)c2Cl. The molecule has 1 aliphatic rings. The van der Waals surface area contributed by atoms with Gasteiger partial charge in [-0.1, -0.05) is 17.7 Å². The van der Waals surface area contributed by atoms with Crippen LogP contribution >= 0.6 is 11.6 Å². The molecule has 0 saturated carbocycles. The fourth-order valence-electron chi connectivity index (χ4n) is 1.86. The number of benzene rings is 1. The van der Waals surface area contributed by atoms with E-state index in [0.29, 0.717) is 5.02 Å². The quantitative estimate of drug-likeness (QED) is 0.747. The van der Waals surface area contributed by atoms with Crippen molar-refractivity contribution in [3.05, 3.63) is 33.8 Å². The lowest BCUT2D eigenvalue weighted by atomic mass is 10.0. The van der Waals surface area contributed by atoms with E-state index < -0.39 is 5.97 Å². The van der Waals surface area contributed by atoms with E-state index in [2.05, 4.69) is 0 Å². The van der Waals surface area contributed by atoms with Crippen molar-refractivity contribution in [3.63, 3.8) is 0 Å². The van der Waals surface area contributed by atoms with Gasteiger partial charge in [-0.15, -0.1) is 0 Å². The summed E-state index contributed by atoms with van der Waals surface area (Å²) in [5.41, 5.74) is 7.89. The molecule has 1 aromatic carbocycles. The summed E-state index contributed by atoms with van der Waals surface area (Å²) >= 11 is 5.98. The van der Waals surface area contributed by atoms with E-state index in [0.717, 1.165) is 24.0 Å². The summed E-state index contributed by atoms with van der Waals surface area (Å²) in [6.45, 7) is 0. The molecule has 2 rings (SSSR count). The molecule has 14 heavy (non-hydrogen) atoms. The van der Waals surface area contributed by atoms with Gasteiger partial charge in [0.05, 0.1) is 10.6 Å². The van der Waals surface area contributed by atoms with Crippen molar-refractivity contribution < 1.29 is 9.90 Å². The molecule has 0 fully saturated rings. The Morgan fingerprint density at radius 1 is 1.57 bits per heavy atom. The van der Waals surface area contributed by atoms with Crippen LogP contribution in [0.2, 0.25) is 5.02 Å². The molecule has 3 N–H and O–H groups in total. The monoisotopic (exact) mass is 211 g/mol. The molecule has 0 aliphatic heterocycles. The minimum absolute atomic E-state index is 0.00495. The highest BCUT2D eigenvalue weighted by atomic mass is 35.5. The second-order valence-corrected chi connectivity index (χ2v) is 3.82. The van der Waals surface area contributed by atoms with E-state index in [1.165, 1.54) is 6.07 Å². The number of halogens is 1. The number of carbonyl (C=O) groups is 1. The molecule has 74 valence electrons. The molecular weight excluding hydrogens is 202 g/mol. The molecule has 3 nitrogen and oxygen atoms in total. The third-order valence-corrected chi connectivity index (χ3v) is 3.05. The van der Waals surface area contributed by atoms with Gasteiger partial charge in [0.1, 0.15) is 0 Å². The Hall–Kier alpha value is -1.06. The van der Waals surface area contributed by atoms with Crippen LogP contribution in [0, 0.1) is 0 Å². The molecule has 0 radical (unpaired) electrons. The summed E-state index contributed by atoms with van der Waals surface area (Å²) in [7, 11) is 0. The van der Waals surface area contributed by atoms with Crippen LogP contribution in [0.5, 0.6) is 0 Å². The van der Waals surface area contributed by atoms with Crippen LogP contribution in [0.4, 0.5) is 0 Å². The van der Waals surface area contributed by atoms with Crippen molar-refractivity contribution in [2.75, 3.05) is 0 Å². The molecular formula is C10H10ClNO2. The first-order chi connectivity index (χ1) is 6.61. The maximum absolute atomic E-state index is 10.8. The van der Waals surface area contributed by atoms with Crippen LogP contribution in [0.3, 0.4) is 0 Å². The van der Waals surface area contributed by atoms with E-state index >= 15 is 0 Å². The zero-order valence-corrected chi connectivity index (χ0v) is 8.21. The lowest BCUT2D eigenvalue weighted by molar-refractivity contribution is 0.0697. The van der Waals surface area contributed by atoms with Gasteiger partial charge in [-0.3, -0.25) is 0 Å². The predicted molar refractivity (Wildman–Crippen MR) is 53.7 cm³/mol. The van der Waals surface area contributed by atoms with Gasteiger partial charge in [0, 0.05) is 6.04 Å². The largest absolute Gasteiger partial charge is 0.478 e. The van der Waals surface area contributed by atoms with Crippen LogP contribution in [-0.2, 0) is 6.42 Å². The molecule has 0 amide bonds. The summed E-state index contributed by atoms with van der Waals surface area (Å²) in [5, 5.41) is 9.20. The Morgan fingerprint density at radius 3 is 2.93 bits per heavy atom. The van der Waals surface area contributed by atoms with Crippen LogP contribution in [0.15, 0.2) is 12.1 Å². The van der Waals surface area contributed by atoms with Crippen molar-refractivity contribution in [1.82, 2.24) is 0 Å². The van der Waals surface area contributed by atoms with Crippen molar-refractivity contribution in [1.29, 1.82) is 0 Å². The van der Waals surface area contributed by atoms with E-state index in [-0.39, 0.29) is 11.6 Å².